The van der Waals surface area contributed by atoms with Crippen molar-refractivity contribution in [1.29, 1.82) is 0 Å². The molecule has 32 heavy (non-hydrogen) atoms. The second kappa shape index (κ2) is 8.85. The van der Waals surface area contributed by atoms with Gasteiger partial charge in [-0.2, -0.15) is 0 Å². The number of hydrogen-bond donors (Lipinski definition) is 0. The Balaban J connectivity index is 1.23. The number of allylic oxidation sites excluding steroid dienone is 5. The van der Waals surface area contributed by atoms with Gasteiger partial charge in [-0.1, -0.05) is 17.7 Å². The lowest BCUT2D eigenvalue weighted by atomic mass is 9.88. The van der Waals surface area contributed by atoms with Gasteiger partial charge in [-0.25, -0.2) is 15.0 Å². The number of rotatable bonds is 6. The molecule has 0 amide bonds. The Bertz CT molecular complexity index is 1150. The number of aliphatic imine (C=N–C) groups is 2. The van der Waals surface area contributed by atoms with Crippen molar-refractivity contribution >= 4 is 28.9 Å². The Hall–Kier alpha value is -3.02. The smallest absolute Gasteiger partial charge is 0.166 e. The standard InChI is InChI=1S/C26H32N6/c1-18-4-9-21-10-7-20(15-24(21)30-18)6-5-19-8-11-22(14-19)32-13-12-23-25(29-17-31(2)3)27-16-28-26(23)32/h4,7,9,12-13,15-17,19,21-22H,5-6,8,10-11,14H2,1-3H3. The van der Waals surface area contributed by atoms with Crippen LogP contribution in [-0.4, -0.2) is 45.6 Å². The topological polar surface area (TPSA) is 58.7 Å². The molecule has 5 rings (SSSR count). The fraction of sp³-hybridized carbons (Fsp3) is 0.462. The van der Waals surface area contributed by atoms with Crippen LogP contribution in [0, 0.1) is 11.8 Å². The minimum absolute atomic E-state index is 0.481. The number of dihydropyridines is 1. The van der Waals surface area contributed by atoms with Gasteiger partial charge in [0.05, 0.1) is 11.7 Å². The highest BCUT2D eigenvalue weighted by Crippen LogP contribution is 2.40. The summed E-state index contributed by atoms with van der Waals surface area (Å²) >= 11 is 0. The summed E-state index contributed by atoms with van der Waals surface area (Å²) in [5.74, 6) is 1.98. The van der Waals surface area contributed by atoms with Gasteiger partial charge in [-0.3, -0.25) is 4.99 Å². The third-order valence-corrected chi connectivity index (χ3v) is 6.87. The minimum atomic E-state index is 0.481. The molecular weight excluding hydrogens is 396 g/mol. The largest absolute Gasteiger partial charge is 0.369 e. The summed E-state index contributed by atoms with van der Waals surface area (Å²) in [5, 5.41) is 1.03. The van der Waals surface area contributed by atoms with Gasteiger partial charge in [0.25, 0.3) is 0 Å². The van der Waals surface area contributed by atoms with E-state index in [9.17, 15) is 0 Å². The molecule has 3 atom stereocenters. The van der Waals surface area contributed by atoms with Crippen molar-refractivity contribution < 1.29 is 0 Å². The van der Waals surface area contributed by atoms with Crippen molar-refractivity contribution in [3.05, 3.63) is 54.2 Å². The lowest BCUT2D eigenvalue weighted by Crippen LogP contribution is -2.10. The van der Waals surface area contributed by atoms with Gasteiger partial charge >= 0.3 is 0 Å². The maximum Gasteiger partial charge on any atom is 0.166 e. The molecule has 2 aliphatic carbocycles. The molecule has 0 saturated heterocycles. The molecule has 0 N–H and O–H groups in total. The van der Waals surface area contributed by atoms with Gasteiger partial charge in [0, 0.05) is 43.7 Å². The van der Waals surface area contributed by atoms with Crippen LogP contribution in [0.1, 0.15) is 51.5 Å². The summed E-state index contributed by atoms with van der Waals surface area (Å²) < 4.78 is 2.35. The van der Waals surface area contributed by atoms with Crippen LogP contribution in [0.3, 0.4) is 0 Å². The van der Waals surface area contributed by atoms with E-state index >= 15 is 0 Å². The molecule has 2 aromatic heterocycles. The highest BCUT2D eigenvalue weighted by atomic mass is 15.1. The predicted molar refractivity (Wildman–Crippen MR) is 132 cm³/mol. The van der Waals surface area contributed by atoms with Crippen molar-refractivity contribution in [3.63, 3.8) is 0 Å². The van der Waals surface area contributed by atoms with Gasteiger partial charge in [0.1, 0.15) is 12.0 Å². The first-order valence-electron chi connectivity index (χ1n) is 11.7. The van der Waals surface area contributed by atoms with Crippen LogP contribution >= 0.6 is 0 Å². The summed E-state index contributed by atoms with van der Waals surface area (Å²) in [6.45, 7) is 2.08. The van der Waals surface area contributed by atoms with E-state index < -0.39 is 0 Å². The second-order valence-corrected chi connectivity index (χ2v) is 9.54. The van der Waals surface area contributed by atoms with E-state index in [1.54, 1.807) is 12.7 Å². The lowest BCUT2D eigenvalue weighted by Gasteiger charge is -2.22. The molecule has 0 bridgehead atoms. The zero-order chi connectivity index (χ0) is 22.1. The quantitative estimate of drug-likeness (QED) is 0.442. The summed E-state index contributed by atoms with van der Waals surface area (Å²) in [6.07, 6.45) is 22.0. The van der Waals surface area contributed by atoms with E-state index in [1.807, 2.05) is 19.0 Å². The van der Waals surface area contributed by atoms with Crippen molar-refractivity contribution in [1.82, 2.24) is 19.4 Å². The van der Waals surface area contributed by atoms with E-state index in [4.69, 9.17) is 4.99 Å². The van der Waals surface area contributed by atoms with E-state index in [0.29, 0.717) is 12.0 Å². The Morgan fingerprint density at radius 3 is 3.03 bits per heavy atom. The molecule has 3 aliphatic rings. The molecule has 1 aliphatic heterocycles. The molecule has 6 nitrogen and oxygen atoms in total. The molecule has 166 valence electrons. The maximum atomic E-state index is 4.76. The monoisotopic (exact) mass is 428 g/mol. The van der Waals surface area contributed by atoms with Gasteiger partial charge < -0.3 is 9.47 Å². The molecule has 0 spiro atoms. The highest BCUT2D eigenvalue weighted by molar-refractivity contribution is 5.94. The molecule has 1 saturated carbocycles. The SMILES string of the molecule is CC1=NC2=CC(CCC3CCC(n4ccc5c(N=CN(C)C)ncnc54)C3)=CCC2C=C1. The molecule has 1 fully saturated rings. The minimum Gasteiger partial charge on any atom is -0.369 e. The third-order valence-electron chi connectivity index (χ3n) is 6.87. The van der Waals surface area contributed by atoms with Crippen LogP contribution in [0.5, 0.6) is 0 Å². The first-order valence-corrected chi connectivity index (χ1v) is 11.7. The fourth-order valence-electron chi connectivity index (χ4n) is 5.18. The second-order valence-electron chi connectivity index (χ2n) is 9.54. The van der Waals surface area contributed by atoms with Gasteiger partial charge in [-0.05, 0) is 69.6 Å². The first-order chi connectivity index (χ1) is 15.6. The van der Waals surface area contributed by atoms with Crippen LogP contribution < -0.4 is 0 Å². The van der Waals surface area contributed by atoms with Crippen LogP contribution in [0.4, 0.5) is 5.82 Å². The van der Waals surface area contributed by atoms with Gasteiger partial charge in [0.15, 0.2) is 5.82 Å². The molecule has 3 heterocycles. The molecule has 0 aromatic carbocycles. The first kappa shape index (κ1) is 20.9. The van der Waals surface area contributed by atoms with Gasteiger partial charge in [0.2, 0.25) is 0 Å². The average Bonchev–Trinajstić information content (AvgIpc) is 3.43. The number of nitrogens with zero attached hydrogens (tertiary/aromatic N) is 6. The van der Waals surface area contributed by atoms with E-state index in [0.717, 1.165) is 41.3 Å². The molecule has 6 heteroatoms. The van der Waals surface area contributed by atoms with Crippen LogP contribution in [0.25, 0.3) is 11.0 Å². The maximum absolute atomic E-state index is 4.76. The number of fused-ring (bicyclic) bond motifs is 2. The van der Waals surface area contributed by atoms with Crippen molar-refractivity contribution in [2.75, 3.05) is 14.1 Å². The third kappa shape index (κ3) is 4.31. The number of hydrogen-bond acceptors (Lipinski definition) is 4. The van der Waals surface area contributed by atoms with Crippen LogP contribution in [0.2, 0.25) is 0 Å². The van der Waals surface area contributed by atoms with E-state index in [-0.39, 0.29) is 0 Å². The molecular formula is C26H32N6. The average molecular weight is 429 g/mol. The predicted octanol–water partition coefficient (Wildman–Crippen LogP) is 5.64. The Morgan fingerprint density at radius 2 is 2.16 bits per heavy atom. The molecule has 3 unspecified atom stereocenters. The Morgan fingerprint density at radius 1 is 1.25 bits per heavy atom. The zero-order valence-electron chi connectivity index (χ0n) is 19.3. The van der Waals surface area contributed by atoms with Gasteiger partial charge in [-0.15, -0.1) is 0 Å². The van der Waals surface area contributed by atoms with E-state index in [1.165, 1.54) is 37.0 Å². The van der Waals surface area contributed by atoms with Crippen molar-refractivity contribution in [2.45, 2.75) is 51.5 Å². The molecule has 0 radical (unpaired) electrons. The Kier molecular flexibility index (Phi) is 5.77. The zero-order valence-corrected chi connectivity index (χ0v) is 19.3. The molecule has 2 aromatic rings. The summed E-state index contributed by atoms with van der Waals surface area (Å²) in [6, 6.07) is 2.62. The lowest BCUT2D eigenvalue weighted by molar-refractivity contribution is 0.461. The van der Waals surface area contributed by atoms with E-state index in [2.05, 4.69) is 63.0 Å². The fourth-order valence-corrected chi connectivity index (χ4v) is 5.18. The summed E-state index contributed by atoms with van der Waals surface area (Å²) in [4.78, 5) is 20.2. The van der Waals surface area contributed by atoms with Crippen LogP contribution in [-0.2, 0) is 0 Å². The van der Waals surface area contributed by atoms with Crippen LogP contribution in [0.15, 0.2) is 64.1 Å². The van der Waals surface area contributed by atoms with Crippen molar-refractivity contribution in [2.24, 2.45) is 21.8 Å². The summed E-state index contributed by atoms with van der Waals surface area (Å²) in [5.41, 5.74) is 4.83. The Labute approximate surface area is 190 Å². The number of aromatic nitrogens is 3. The summed E-state index contributed by atoms with van der Waals surface area (Å²) in [7, 11) is 3.93. The highest BCUT2D eigenvalue weighted by Gasteiger charge is 2.27. The normalized spacial score (nSPS) is 25.1. The van der Waals surface area contributed by atoms with Crippen molar-refractivity contribution in [3.8, 4) is 0 Å².